The number of alkyl halides is 1. The summed E-state index contributed by atoms with van der Waals surface area (Å²) in [6.45, 7) is 2.41. The Morgan fingerprint density at radius 3 is 2.90 bits per heavy atom. The third-order valence-corrected chi connectivity index (χ3v) is 3.24. The number of amides is 1. The first-order valence-corrected chi connectivity index (χ1v) is 7.63. The molecule has 1 aromatic heterocycles. The van der Waals surface area contributed by atoms with Crippen LogP contribution in [0.25, 0.3) is 0 Å². The maximum absolute atomic E-state index is 11.7. The van der Waals surface area contributed by atoms with E-state index in [4.69, 9.17) is 16.4 Å². The molecule has 0 atom stereocenters. The molecule has 1 aromatic rings. The summed E-state index contributed by atoms with van der Waals surface area (Å²) in [5.74, 6) is -1.21. The topological polar surface area (TPSA) is 89.9 Å². The van der Waals surface area contributed by atoms with Gasteiger partial charge in [0.05, 0.1) is 7.11 Å². The molecule has 0 aliphatic heterocycles. The van der Waals surface area contributed by atoms with Crippen LogP contribution in [0.15, 0.2) is 10.5 Å². The van der Waals surface area contributed by atoms with Crippen LogP contribution in [0.4, 0.5) is 5.13 Å². The number of nitrogens with one attached hydrogen (secondary N) is 1. The monoisotopic (exact) mass is 333 g/mol. The lowest BCUT2D eigenvalue weighted by Crippen LogP contribution is -2.19. The van der Waals surface area contributed by atoms with Gasteiger partial charge >= 0.3 is 5.97 Å². The Labute approximate surface area is 131 Å². The molecule has 0 fully saturated rings. The first-order chi connectivity index (χ1) is 10.1. The van der Waals surface area contributed by atoms with Gasteiger partial charge in [-0.05, 0) is 6.42 Å². The van der Waals surface area contributed by atoms with Crippen molar-refractivity contribution in [1.29, 1.82) is 0 Å². The summed E-state index contributed by atoms with van der Waals surface area (Å²) in [6, 6.07) is 0. The molecular formula is C12H16ClN3O4S. The minimum Gasteiger partial charge on any atom is -0.464 e. The third-order valence-electron chi connectivity index (χ3n) is 2.24. The summed E-state index contributed by atoms with van der Waals surface area (Å²) in [7, 11) is 1.24. The molecule has 0 aromatic carbocycles. The number of anilines is 1. The molecule has 1 N–H and O–H groups in total. The number of aromatic nitrogens is 1. The molecule has 0 spiro atoms. The van der Waals surface area contributed by atoms with Crippen LogP contribution in [0.2, 0.25) is 0 Å². The number of nitrogens with zero attached hydrogens (tertiary/aromatic N) is 2. The summed E-state index contributed by atoms with van der Waals surface area (Å²) in [4.78, 5) is 32.0. The van der Waals surface area contributed by atoms with E-state index in [-0.39, 0.29) is 23.2 Å². The van der Waals surface area contributed by atoms with Crippen LogP contribution in [0.1, 0.15) is 25.5 Å². The van der Waals surface area contributed by atoms with Crippen LogP contribution >= 0.6 is 22.9 Å². The van der Waals surface area contributed by atoms with Gasteiger partial charge in [0.1, 0.15) is 18.2 Å². The molecule has 1 amide bonds. The van der Waals surface area contributed by atoms with Crippen molar-refractivity contribution in [1.82, 2.24) is 4.98 Å². The van der Waals surface area contributed by atoms with E-state index in [1.165, 1.54) is 7.11 Å². The van der Waals surface area contributed by atoms with Crippen LogP contribution < -0.4 is 5.32 Å². The van der Waals surface area contributed by atoms with Crippen molar-refractivity contribution in [3.63, 3.8) is 0 Å². The number of carbonyl (C=O) groups excluding carboxylic acids is 2. The molecule has 0 aliphatic rings. The van der Waals surface area contributed by atoms with Crippen LogP contribution in [-0.4, -0.2) is 42.2 Å². The van der Waals surface area contributed by atoms with Crippen LogP contribution in [-0.2, 0) is 19.2 Å². The molecule has 0 saturated heterocycles. The molecule has 7 nitrogen and oxygen atoms in total. The zero-order chi connectivity index (χ0) is 15.7. The van der Waals surface area contributed by atoms with Crippen molar-refractivity contribution < 1.29 is 19.2 Å². The summed E-state index contributed by atoms with van der Waals surface area (Å²) < 4.78 is 4.64. The second-order valence-electron chi connectivity index (χ2n) is 3.84. The van der Waals surface area contributed by atoms with E-state index >= 15 is 0 Å². The predicted octanol–water partition coefficient (Wildman–Crippen LogP) is 2.01. The fourth-order valence-corrected chi connectivity index (χ4v) is 1.98. The number of hydrogen-bond acceptors (Lipinski definition) is 7. The second kappa shape index (κ2) is 9.30. The molecule has 0 bridgehead atoms. The van der Waals surface area contributed by atoms with Crippen molar-refractivity contribution in [2.24, 2.45) is 5.16 Å². The Kier molecular flexibility index (Phi) is 7.70. The zero-order valence-electron chi connectivity index (χ0n) is 11.7. The van der Waals surface area contributed by atoms with E-state index in [0.29, 0.717) is 11.7 Å². The van der Waals surface area contributed by atoms with E-state index < -0.39 is 5.97 Å². The lowest BCUT2D eigenvalue weighted by molar-refractivity contribution is -0.132. The zero-order valence-corrected chi connectivity index (χ0v) is 13.3. The van der Waals surface area contributed by atoms with E-state index in [1.807, 2.05) is 6.92 Å². The van der Waals surface area contributed by atoms with Gasteiger partial charge in [0.2, 0.25) is 11.6 Å². The molecule has 1 rings (SSSR count). The van der Waals surface area contributed by atoms with Gasteiger partial charge in [-0.15, -0.1) is 22.9 Å². The summed E-state index contributed by atoms with van der Waals surface area (Å²) in [5, 5.41) is 8.14. The Morgan fingerprint density at radius 2 is 2.29 bits per heavy atom. The standard InChI is InChI=1S/C12H16ClN3O4S/c1-3-4-5-20-16-10(11(18)19-2)8-7-21-12(14-8)15-9(17)6-13/h7H,3-6H2,1-2H3,(H,14,15,17)/b16-10-. The normalized spacial score (nSPS) is 11.1. The molecular weight excluding hydrogens is 318 g/mol. The summed E-state index contributed by atoms with van der Waals surface area (Å²) in [5.41, 5.74) is 0.226. The highest BCUT2D eigenvalue weighted by atomic mass is 35.5. The number of oxime groups is 1. The van der Waals surface area contributed by atoms with Gasteiger partial charge in [-0.25, -0.2) is 9.78 Å². The Balaban J connectivity index is 2.83. The lowest BCUT2D eigenvalue weighted by Gasteiger charge is -2.02. The fourth-order valence-electron chi connectivity index (χ4n) is 1.20. The van der Waals surface area contributed by atoms with E-state index in [0.717, 1.165) is 24.2 Å². The number of methoxy groups -OCH3 is 1. The number of hydrogen-bond donors (Lipinski definition) is 1. The Hall–Kier alpha value is -1.67. The largest absolute Gasteiger partial charge is 0.464 e. The second-order valence-corrected chi connectivity index (χ2v) is 4.96. The van der Waals surface area contributed by atoms with Gasteiger partial charge < -0.3 is 14.9 Å². The van der Waals surface area contributed by atoms with Crippen LogP contribution in [0.3, 0.4) is 0 Å². The van der Waals surface area contributed by atoms with Crippen molar-refractivity contribution in [2.45, 2.75) is 19.8 Å². The molecule has 0 unspecified atom stereocenters. The van der Waals surface area contributed by atoms with Crippen LogP contribution in [0, 0.1) is 0 Å². The Morgan fingerprint density at radius 1 is 1.52 bits per heavy atom. The average Bonchev–Trinajstić information content (AvgIpc) is 2.94. The van der Waals surface area contributed by atoms with E-state index in [1.54, 1.807) is 5.38 Å². The first-order valence-electron chi connectivity index (χ1n) is 6.22. The van der Waals surface area contributed by atoms with Crippen molar-refractivity contribution in [3.8, 4) is 0 Å². The number of ether oxygens (including phenoxy) is 1. The van der Waals surface area contributed by atoms with Gasteiger partial charge in [-0.3, -0.25) is 4.79 Å². The number of rotatable bonds is 8. The van der Waals surface area contributed by atoms with Gasteiger partial charge in [0.25, 0.3) is 0 Å². The quantitative estimate of drug-likeness (QED) is 0.258. The number of esters is 1. The number of carbonyl (C=O) groups is 2. The predicted molar refractivity (Wildman–Crippen MR) is 80.9 cm³/mol. The van der Waals surface area contributed by atoms with Crippen LogP contribution in [0.5, 0.6) is 0 Å². The molecule has 9 heteroatoms. The fraction of sp³-hybridized carbons (Fsp3) is 0.500. The van der Waals surface area contributed by atoms with Crippen molar-refractivity contribution in [2.75, 3.05) is 24.9 Å². The smallest absolute Gasteiger partial charge is 0.362 e. The first kappa shape index (κ1) is 17.4. The maximum atomic E-state index is 11.7. The number of unbranched alkanes of at least 4 members (excludes halogenated alkanes) is 1. The number of halogens is 1. The highest BCUT2D eigenvalue weighted by molar-refractivity contribution is 7.14. The van der Waals surface area contributed by atoms with Crippen molar-refractivity contribution in [3.05, 3.63) is 11.1 Å². The third kappa shape index (κ3) is 5.68. The lowest BCUT2D eigenvalue weighted by atomic mass is 10.3. The molecule has 0 aliphatic carbocycles. The molecule has 116 valence electrons. The molecule has 21 heavy (non-hydrogen) atoms. The molecule has 0 radical (unpaired) electrons. The Bertz CT molecular complexity index is 518. The minimum absolute atomic E-state index is 0.0452. The van der Waals surface area contributed by atoms with Crippen molar-refractivity contribution >= 4 is 45.7 Å². The highest BCUT2D eigenvalue weighted by Gasteiger charge is 2.19. The van der Waals surface area contributed by atoms with Gasteiger partial charge in [0, 0.05) is 5.38 Å². The SMILES string of the molecule is CCCCO/N=C(\C(=O)OC)c1csc(NC(=O)CCl)n1. The number of thiazole rings is 1. The van der Waals surface area contributed by atoms with E-state index in [9.17, 15) is 9.59 Å². The summed E-state index contributed by atoms with van der Waals surface area (Å²) in [6.07, 6.45) is 1.78. The highest BCUT2D eigenvalue weighted by Crippen LogP contribution is 2.17. The minimum atomic E-state index is -0.660. The van der Waals surface area contributed by atoms with Gasteiger partial charge in [0.15, 0.2) is 5.13 Å². The molecule has 0 saturated carbocycles. The summed E-state index contributed by atoms with van der Waals surface area (Å²) >= 11 is 6.54. The van der Waals surface area contributed by atoms with E-state index in [2.05, 4.69) is 20.2 Å². The average molecular weight is 334 g/mol. The maximum Gasteiger partial charge on any atom is 0.362 e. The molecule has 1 heterocycles. The van der Waals surface area contributed by atoms with Gasteiger partial charge in [-0.1, -0.05) is 18.5 Å². The van der Waals surface area contributed by atoms with Gasteiger partial charge in [-0.2, -0.15) is 0 Å².